The normalized spacial score (nSPS) is 16.7. The first-order valence-corrected chi connectivity index (χ1v) is 9.13. The van der Waals surface area contributed by atoms with Crippen molar-refractivity contribution in [2.45, 2.75) is 32.9 Å². The molecule has 1 N–H and O–H groups in total. The van der Waals surface area contributed by atoms with E-state index in [0.717, 1.165) is 26.8 Å². The molecule has 134 valence electrons. The largest absolute Gasteiger partial charge is 0.472 e. The predicted molar refractivity (Wildman–Crippen MR) is 102 cm³/mol. The van der Waals surface area contributed by atoms with Gasteiger partial charge < -0.3 is 14.5 Å². The molecule has 4 rings (SSSR count). The zero-order valence-electron chi connectivity index (χ0n) is 14.6. The molecule has 0 spiro atoms. The number of aromatic nitrogens is 2. The van der Waals surface area contributed by atoms with E-state index in [1.807, 2.05) is 49.6 Å². The average Bonchev–Trinajstić information content (AvgIpc) is 3.20. The molecule has 1 aromatic carbocycles. The standard InChI is InChI=1S/C19H18BrN3O3/c1-10(2)26-18(24)16-11(3)21-19-22-14-5-4-13(20)8-15(14)23(19)17(16)12-6-7-25-9-12/h4-10,17H,1-3H3,(H,21,22). The van der Waals surface area contributed by atoms with Gasteiger partial charge in [0.2, 0.25) is 5.95 Å². The molecule has 7 heteroatoms. The van der Waals surface area contributed by atoms with Gasteiger partial charge in [-0.25, -0.2) is 9.78 Å². The number of carbonyl (C=O) groups excluding carboxylic acids is 1. The van der Waals surface area contributed by atoms with Gasteiger partial charge in [-0.2, -0.15) is 0 Å². The molecule has 6 nitrogen and oxygen atoms in total. The molecule has 0 radical (unpaired) electrons. The summed E-state index contributed by atoms with van der Waals surface area (Å²) in [5, 5.41) is 3.25. The molecule has 2 aromatic heterocycles. The molecular weight excluding hydrogens is 398 g/mol. The molecule has 0 bridgehead atoms. The maximum Gasteiger partial charge on any atom is 0.338 e. The van der Waals surface area contributed by atoms with E-state index in [2.05, 4.69) is 26.2 Å². The maximum atomic E-state index is 12.9. The zero-order chi connectivity index (χ0) is 18.4. The number of esters is 1. The first kappa shape index (κ1) is 16.9. The van der Waals surface area contributed by atoms with Crippen LogP contribution in [0, 0.1) is 0 Å². The molecule has 0 aliphatic carbocycles. The Labute approximate surface area is 159 Å². The third kappa shape index (κ3) is 2.72. The van der Waals surface area contributed by atoms with Crippen molar-refractivity contribution in [2.75, 3.05) is 5.32 Å². The Hall–Kier alpha value is -2.54. The number of allylic oxidation sites excluding steroid dienone is 1. The van der Waals surface area contributed by atoms with Crippen molar-refractivity contribution in [3.63, 3.8) is 0 Å². The molecule has 1 unspecified atom stereocenters. The van der Waals surface area contributed by atoms with Gasteiger partial charge in [-0.15, -0.1) is 0 Å². The minimum Gasteiger partial charge on any atom is -0.472 e. The lowest BCUT2D eigenvalue weighted by molar-refractivity contribution is -0.143. The summed E-state index contributed by atoms with van der Waals surface area (Å²) < 4.78 is 13.8. The van der Waals surface area contributed by atoms with Crippen LogP contribution in [-0.4, -0.2) is 21.6 Å². The number of imidazole rings is 1. The van der Waals surface area contributed by atoms with Gasteiger partial charge in [0, 0.05) is 15.7 Å². The second-order valence-corrected chi connectivity index (χ2v) is 7.43. The van der Waals surface area contributed by atoms with Crippen LogP contribution in [0.5, 0.6) is 0 Å². The number of fused-ring (bicyclic) bond motifs is 3. The summed E-state index contributed by atoms with van der Waals surface area (Å²) in [6.07, 6.45) is 3.05. The summed E-state index contributed by atoms with van der Waals surface area (Å²) in [5.41, 5.74) is 3.89. The summed E-state index contributed by atoms with van der Waals surface area (Å²) in [6.45, 7) is 5.54. The van der Waals surface area contributed by atoms with E-state index in [1.54, 1.807) is 12.5 Å². The molecule has 1 atom stereocenters. The fourth-order valence-corrected chi connectivity index (χ4v) is 3.62. The van der Waals surface area contributed by atoms with Crippen molar-refractivity contribution in [3.05, 3.63) is 58.1 Å². The van der Waals surface area contributed by atoms with Crippen LogP contribution in [0.4, 0.5) is 5.95 Å². The lowest BCUT2D eigenvalue weighted by atomic mass is 9.97. The van der Waals surface area contributed by atoms with Gasteiger partial charge in [0.1, 0.15) is 0 Å². The Kier molecular flexibility index (Phi) is 4.11. The first-order valence-electron chi connectivity index (χ1n) is 8.34. The van der Waals surface area contributed by atoms with E-state index >= 15 is 0 Å². The topological polar surface area (TPSA) is 69.3 Å². The van der Waals surface area contributed by atoms with Gasteiger partial charge in [0.05, 0.1) is 41.3 Å². The lowest BCUT2D eigenvalue weighted by Crippen LogP contribution is -2.29. The molecule has 3 heterocycles. The van der Waals surface area contributed by atoms with Gasteiger partial charge >= 0.3 is 5.97 Å². The number of nitrogens with one attached hydrogen (secondary N) is 1. The van der Waals surface area contributed by atoms with Gasteiger partial charge in [-0.05, 0) is 45.0 Å². The Morgan fingerprint density at radius 1 is 1.38 bits per heavy atom. The van der Waals surface area contributed by atoms with E-state index in [-0.39, 0.29) is 18.1 Å². The lowest BCUT2D eigenvalue weighted by Gasteiger charge is -2.29. The highest BCUT2D eigenvalue weighted by Gasteiger charge is 2.35. The summed E-state index contributed by atoms with van der Waals surface area (Å²) in [6, 6.07) is 7.37. The van der Waals surface area contributed by atoms with E-state index in [9.17, 15) is 4.79 Å². The second-order valence-electron chi connectivity index (χ2n) is 6.52. The van der Waals surface area contributed by atoms with Crippen molar-refractivity contribution >= 4 is 38.9 Å². The van der Waals surface area contributed by atoms with Gasteiger partial charge in [0.15, 0.2) is 0 Å². The molecule has 0 saturated heterocycles. The average molecular weight is 416 g/mol. The van der Waals surface area contributed by atoms with Crippen LogP contribution in [0.15, 0.2) is 57.0 Å². The minimum absolute atomic E-state index is 0.206. The van der Waals surface area contributed by atoms with E-state index in [4.69, 9.17) is 9.15 Å². The third-order valence-electron chi connectivity index (χ3n) is 4.31. The minimum atomic E-state index is -0.379. The molecule has 0 amide bonds. The van der Waals surface area contributed by atoms with Gasteiger partial charge in [0.25, 0.3) is 0 Å². The SMILES string of the molecule is CC1=C(C(=O)OC(C)C)C(c2ccoc2)n2c(nc3ccc(Br)cc32)N1. The molecule has 0 fully saturated rings. The van der Waals surface area contributed by atoms with Crippen LogP contribution in [0.1, 0.15) is 32.4 Å². The number of halogens is 1. The van der Waals surface area contributed by atoms with Crippen LogP contribution in [0.3, 0.4) is 0 Å². The van der Waals surface area contributed by atoms with Crippen molar-refractivity contribution in [3.8, 4) is 0 Å². The quantitative estimate of drug-likeness (QED) is 0.631. The Bertz CT molecular complexity index is 1020. The van der Waals surface area contributed by atoms with Gasteiger partial charge in [-0.3, -0.25) is 4.57 Å². The maximum absolute atomic E-state index is 12.9. The first-order chi connectivity index (χ1) is 12.5. The number of anilines is 1. The summed E-state index contributed by atoms with van der Waals surface area (Å²) in [5.74, 6) is 0.335. The highest BCUT2D eigenvalue weighted by Crippen LogP contribution is 2.40. The number of carbonyl (C=O) groups is 1. The summed E-state index contributed by atoms with van der Waals surface area (Å²) in [7, 11) is 0. The zero-order valence-corrected chi connectivity index (χ0v) is 16.2. The second kappa shape index (κ2) is 6.32. The Morgan fingerprint density at radius 3 is 2.88 bits per heavy atom. The van der Waals surface area contributed by atoms with E-state index in [0.29, 0.717) is 11.5 Å². The van der Waals surface area contributed by atoms with E-state index in [1.165, 1.54) is 0 Å². The number of hydrogen-bond donors (Lipinski definition) is 1. The number of hydrogen-bond acceptors (Lipinski definition) is 5. The molecule has 3 aromatic rings. The number of ether oxygens (including phenoxy) is 1. The van der Waals surface area contributed by atoms with Gasteiger partial charge in [-0.1, -0.05) is 15.9 Å². The molecule has 1 aliphatic rings. The molecule has 26 heavy (non-hydrogen) atoms. The van der Waals surface area contributed by atoms with Crippen LogP contribution in [0.2, 0.25) is 0 Å². The highest BCUT2D eigenvalue weighted by molar-refractivity contribution is 9.10. The van der Waals surface area contributed by atoms with Crippen molar-refractivity contribution in [1.82, 2.24) is 9.55 Å². The Morgan fingerprint density at radius 2 is 2.19 bits per heavy atom. The van der Waals surface area contributed by atoms with E-state index < -0.39 is 0 Å². The van der Waals surface area contributed by atoms with Crippen LogP contribution in [-0.2, 0) is 9.53 Å². The Balaban J connectivity index is 1.95. The third-order valence-corrected chi connectivity index (χ3v) is 4.80. The molecule has 1 aliphatic heterocycles. The number of benzene rings is 1. The molecule has 0 saturated carbocycles. The van der Waals surface area contributed by atoms with Crippen molar-refractivity contribution in [2.24, 2.45) is 0 Å². The van der Waals surface area contributed by atoms with Crippen LogP contribution in [0.25, 0.3) is 11.0 Å². The monoisotopic (exact) mass is 415 g/mol. The fraction of sp³-hybridized carbons (Fsp3) is 0.263. The number of nitrogens with zero attached hydrogens (tertiary/aromatic N) is 2. The smallest absolute Gasteiger partial charge is 0.338 e. The number of furan rings is 1. The highest BCUT2D eigenvalue weighted by atomic mass is 79.9. The predicted octanol–water partition coefficient (Wildman–Crippen LogP) is 4.63. The fourth-order valence-electron chi connectivity index (χ4n) is 3.27. The van der Waals surface area contributed by atoms with Crippen LogP contribution < -0.4 is 5.32 Å². The van der Waals surface area contributed by atoms with Crippen LogP contribution >= 0.6 is 15.9 Å². The molecular formula is C19H18BrN3O3. The van der Waals surface area contributed by atoms with Crippen molar-refractivity contribution < 1.29 is 13.9 Å². The summed E-state index contributed by atoms with van der Waals surface area (Å²) >= 11 is 3.52. The number of rotatable bonds is 3. The summed E-state index contributed by atoms with van der Waals surface area (Å²) in [4.78, 5) is 17.5. The van der Waals surface area contributed by atoms with Crippen molar-refractivity contribution in [1.29, 1.82) is 0 Å².